The molecule has 0 radical (unpaired) electrons. The summed E-state index contributed by atoms with van der Waals surface area (Å²) < 4.78 is 45.5. The van der Waals surface area contributed by atoms with Gasteiger partial charge in [-0.2, -0.15) is 18.3 Å². The number of thiophene rings is 1. The maximum Gasteiger partial charge on any atom is 0.416 e. The summed E-state index contributed by atoms with van der Waals surface area (Å²) in [6, 6.07) is 6.51. The number of benzene rings is 1. The molecule has 0 aliphatic heterocycles. The van der Waals surface area contributed by atoms with Gasteiger partial charge in [0.2, 0.25) is 0 Å². The van der Waals surface area contributed by atoms with Crippen molar-refractivity contribution in [3.63, 3.8) is 0 Å². The highest BCUT2D eigenvalue weighted by molar-refractivity contribution is 7.20. The highest BCUT2D eigenvalue weighted by Gasteiger charge is 2.31. The number of alkyl halides is 3. The molecule has 144 valence electrons. The van der Waals surface area contributed by atoms with E-state index in [0.29, 0.717) is 27.7 Å². The normalized spacial score (nSPS) is 13.1. The van der Waals surface area contributed by atoms with Crippen LogP contribution in [0.3, 0.4) is 0 Å². The Morgan fingerprint density at radius 2 is 2.11 bits per heavy atom. The lowest BCUT2D eigenvalue weighted by Gasteiger charge is -2.11. The van der Waals surface area contributed by atoms with Crippen molar-refractivity contribution in [2.75, 3.05) is 13.7 Å². The molecule has 1 aromatic carbocycles. The number of hydrogen-bond acceptors (Lipinski definition) is 4. The third-order valence-corrected chi connectivity index (χ3v) is 5.09. The van der Waals surface area contributed by atoms with E-state index in [2.05, 4.69) is 10.4 Å². The van der Waals surface area contributed by atoms with Gasteiger partial charge in [-0.15, -0.1) is 11.3 Å². The molecule has 2 heterocycles. The molecule has 0 saturated carbocycles. The average molecular weight is 397 g/mol. The molecule has 9 heteroatoms. The first-order valence-corrected chi connectivity index (χ1v) is 8.99. The van der Waals surface area contributed by atoms with Crippen molar-refractivity contribution in [2.45, 2.75) is 26.1 Å². The number of hydrogen-bond donors (Lipinski definition) is 1. The van der Waals surface area contributed by atoms with Gasteiger partial charge in [0.15, 0.2) is 0 Å². The van der Waals surface area contributed by atoms with E-state index in [1.165, 1.54) is 22.1 Å². The van der Waals surface area contributed by atoms with Crippen molar-refractivity contribution >= 4 is 27.5 Å². The summed E-state index contributed by atoms with van der Waals surface area (Å²) in [5.74, 6) is -0.254. The smallest absolute Gasteiger partial charge is 0.383 e. The van der Waals surface area contributed by atoms with Gasteiger partial charge < -0.3 is 10.1 Å². The maximum atomic E-state index is 13.0. The number of methoxy groups -OCH3 is 1. The number of carbonyl (C=O) groups excluding carboxylic acids is 1. The number of rotatable bonds is 5. The second-order valence-electron chi connectivity index (χ2n) is 6.20. The highest BCUT2D eigenvalue weighted by Crippen LogP contribution is 2.33. The quantitative estimate of drug-likeness (QED) is 0.703. The first-order chi connectivity index (χ1) is 12.7. The first kappa shape index (κ1) is 19.4. The zero-order chi connectivity index (χ0) is 19.8. The van der Waals surface area contributed by atoms with Gasteiger partial charge in [-0.1, -0.05) is 6.07 Å². The fraction of sp³-hybridized carbons (Fsp3) is 0.333. The molecule has 3 rings (SSSR count). The second kappa shape index (κ2) is 7.32. The molecule has 1 atom stereocenters. The molecule has 0 aliphatic carbocycles. The Labute approximate surface area is 157 Å². The molecular formula is C18H18F3N3O2S. The van der Waals surface area contributed by atoms with Crippen LogP contribution in [0.5, 0.6) is 0 Å². The number of amides is 1. The van der Waals surface area contributed by atoms with Crippen LogP contribution in [0, 0.1) is 6.92 Å². The summed E-state index contributed by atoms with van der Waals surface area (Å²) in [4.78, 5) is 13.5. The summed E-state index contributed by atoms with van der Waals surface area (Å²) in [6.45, 7) is 3.96. The molecule has 1 amide bonds. The molecule has 2 aromatic heterocycles. The number of nitrogens with one attached hydrogen (secondary N) is 1. The lowest BCUT2D eigenvalue weighted by Crippen LogP contribution is -2.35. The van der Waals surface area contributed by atoms with E-state index in [1.807, 2.05) is 6.92 Å². The zero-order valence-electron chi connectivity index (χ0n) is 14.9. The van der Waals surface area contributed by atoms with Crippen molar-refractivity contribution in [1.29, 1.82) is 0 Å². The van der Waals surface area contributed by atoms with Crippen molar-refractivity contribution in [3.05, 3.63) is 46.5 Å². The van der Waals surface area contributed by atoms with Crippen molar-refractivity contribution < 1.29 is 22.7 Å². The average Bonchev–Trinajstić information content (AvgIpc) is 3.15. The molecule has 0 aliphatic rings. The number of ether oxygens (including phenoxy) is 1. The minimum absolute atomic E-state index is 0.159. The fourth-order valence-corrected chi connectivity index (χ4v) is 3.82. The van der Waals surface area contributed by atoms with Crippen LogP contribution in [0.25, 0.3) is 15.9 Å². The third-order valence-electron chi connectivity index (χ3n) is 3.98. The second-order valence-corrected chi connectivity index (χ2v) is 7.24. The van der Waals surface area contributed by atoms with Crippen LogP contribution in [0.4, 0.5) is 13.2 Å². The lowest BCUT2D eigenvalue weighted by molar-refractivity contribution is -0.137. The van der Waals surface area contributed by atoms with Gasteiger partial charge in [-0.05, 0) is 38.1 Å². The first-order valence-electron chi connectivity index (χ1n) is 8.17. The molecule has 0 fully saturated rings. The van der Waals surface area contributed by atoms with Crippen LogP contribution in [0.15, 0.2) is 30.3 Å². The molecule has 27 heavy (non-hydrogen) atoms. The van der Waals surface area contributed by atoms with Crippen molar-refractivity contribution in [2.24, 2.45) is 0 Å². The van der Waals surface area contributed by atoms with E-state index in [9.17, 15) is 18.0 Å². The van der Waals surface area contributed by atoms with Crippen LogP contribution in [0.1, 0.15) is 27.9 Å². The van der Waals surface area contributed by atoms with Gasteiger partial charge in [0.1, 0.15) is 4.83 Å². The van der Waals surface area contributed by atoms with Gasteiger partial charge in [0, 0.05) is 18.5 Å². The molecule has 1 unspecified atom stereocenters. The Morgan fingerprint density at radius 1 is 1.37 bits per heavy atom. The summed E-state index contributed by atoms with van der Waals surface area (Å²) in [6.07, 6.45) is -4.44. The van der Waals surface area contributed by atoms with E-state index in [1.54, 1.807) is 26.2 Å². The van der Waals surface area contributed by atoms with Crippen LogP contribution >= 0.6 is 11.3 Å². The van der Waals surface area contributed by atoms with Crippen LogP contribution in [-0.2, 0) is 10.9 Å². The van der Waals surface area contributed by atoms with Crippen LogP contribution < -0.4 is 5.32 Å². The SMILES string of the molecule is COCC(C)NC(=O)c1cc2c(C)nn(-c3cccc(C(F)(F)F)c3)c2s1. The Morgan fingerprint density at radius 3 is 2.78 bits per heavy atom. The van der Waals surface area contributed by atoms with E-state index in [0.717, 1.165) is 17.5 Å². The van der Waals surface area contributed by atoms with E-state index < -0.39 is 11.7 Å². The van der Waals surface area contributed by atoms with Gasteiger partial charge in [-0.25, -0.2) is 4.68 Å². The van der Waals surface area contributed by atoms with Crippen LogP contribution in [0.2, 0.25) is 0 Å². The molecule has 5 nitrogen and oxygen atoms in total. The Kier molecular flexibility index (Phi) is 5.25. The summed E-state index contributed by atoms with van der Waals surface area (Å²) in [5, 5.41) is 7.90. The Balaban J connectivity index is 1.99. The standard InChI is InChI=1S/C18H18F3N3O2S/c1-10(9-26-3)22-16(25)15-8-14-11(2)23-24(17(14)27-15)13-6-4-5-12(7-13)18(19,20)21/h4-8,10H,9H2,1-3H3,(H,22,25). The third kappa shape index (κ3) is 3.98. The van der Waals surface area contributed by atoms with Gasteiger partial charge >= 0.3 is 6.18 Å². The fourth-order valence-electron chi connectivity index (χ4n) is 2.73. The van der Waals surface area contributed by atoms with E-state index >= 15 is 0 Å². The molecule has 1 N–H and O–H groups in total. The predicted octanol–water partition coefficient (Wildman–Crippen LogP) is 4.18. The van der Waals surface area contributed by atoms with E-state index in [4.69, 9.17) is 4.74 Å². The number of halogens is 3. The number of fused-ring (bicyclic) bond motifs is 1. The van der Waals surface area contributed by atoms with Crippen LogP contribution in [-0.4, -0.2) is 35.4 Å². The number of nitrogens with zero attached hydrogens (tertiary/aromatic N) is 2. The van der Waals surface area contributed by atoms with Gasteiger partial charge in [0.25, 0.3) is 5.91 Å². The maximum absolute atomic E-state index is 13.0. The highest BCUT2D eigenvalue weighted by atomic mass is 32.1. The molecule has 0 spiro atoms. The number of aromatic nitrogens is 2. The Bertz CT molecular complexity index is 978. The molecule has 3 aromatic rings. The van der Waals surface area contributed by atoms with Gasteiger partial charge in [-0.3, -0.25) is 4.79 Å². The zero-order valence-corrected chi connectivity index (χ0v) is 15.7. The van der Waals surface area contributed by atoms with Crippen molar-refractivity contribution in [1.82, 2.24) is 15.1 Å². The lowest BCUT2D eigenvalue weighted by atomic mass is 10.2. The number of carbonyl (C=O) groups is 1. The summed E-state index contributed by atoms with van der Waals surface area (Å²) in [7, 11) is 1.55. The predicted molar refractivity (Wildman–Crippen MR) is 97.5 cm³/mol. The minimum atomic E-state index is -4.44. The Hall–Kier alpha value is -2.39. The van der Waals surface area contributed by atoms with E-state index in [-0.39, 0.29) is 11.9 Å². The monoisotopic (exact) mass is 397 g/mol. The molecular weight excluding hydrogens is 379 g/mol. The summed E-state index contributed by atoms with van der Waals surface area (Å²) >= 11 is 1.19. The number of aryl methyl sites for hydroxylation is 1. The minimum Gasteiger partial charge on any atom is -0.383 e. The largest absolute Gasteiger partial charge is 0.416 e. The van der Waals surface area contributed by atoms with Gasteiger partial charge in [0.05, 0.1) is 28.4 Å². The molecule has 0 bridgehead atoms. The summed E-state index contributed by atoms with van der Waals surface area (Å²) in [5.41, 5.74) is 0.191. The topological polar surface area (TPSA) is 56.1 Å². The molecule has 0 saturated heterocycles. The van der Waals surface area contributed by atoms with Crippen molar-refractivity contribution in [3.8, 4) is 5.69 Å².